The highest BCUT2D eigenvalue weighted by atomic mass is 79.9. The smallest absolute Gasteiger partial charge is 0.197 e. The number of halogens is 3. The maximum atomic E-state index is 13.7. The zero-order chi connectivity index (χ0) is 13.0. The molecule has 0 aliphatic heterocycles. The largest absolute Gasteiger partial charge is 0.373 e. The molecule has 0 aliphatic carbocycles. The molecule has 0 fully saturated rings. The number of ether oxygens (including phenoxy) is 1. The second kappa shape index (κ2) is 6.21. The van der Waals surface area contributed by atoms with Gasteiger partial charge in [0.1, 0.15) is 11.9 Å². The van der Waals surface area contributed by atoms with E-state index in [-0.39, 0.29) is 4.47 Å². The highest BCUT2D eigenvalue weighted by Crippen LogP contribution is 2.24. The Kier molecular flexibility index (Phi) is 5.21. The fourth-order valence-electron chi connectivity index (χ4n) is 1.53. The number of carbonyl (C=O) groups excluding carboxylic acids is 1. The molecule has 1 rings (SSSR count). The van der Waals surface area contributed by atoms with Gasteiger partial charge in [0.15, 0.2) is 11.6 Å². The molecule has 0 aliphatic rings. The summed E-state index contributed by atoms with van der Waals surface area (Å²) in [5, 5.41) is 0. The fraction of sp³-hybridized carbons (Fsp3) is 0.417. The molecular formula is C12H13BrF2O2. The van der Waals surface area contributed by atoms with E-state index in [0.29, 0.717) is 12.8 Å². The number of methoxy groups -OCH3 is 1. The Morgan fingerprint density at radius 3 is 2.65 bits per heavy atom. The Morgan fingerprint density at radius 1 is 1.47 bits per heavy atom. The van der Waals surface area contributed by atoms with Crippen LogP contribution < -0.4 is 0 Å². The van der Waals surface area contributed by atoms with E-state index >= 15 is 0 Å². The van der Waals surface area contributed by atoms with Crippen molar-refractivity contribution < 1.29 is 18.3 Å². The lowest BCUT2D eigenvalue weighted by atomic mass is 10.0. The molecule has 0 bridgehead atoms. The van der Waals surface area contributed by atoms with E-state index in [2.05, 4.69) is 15.9 Å². The van der Waals surface area contributed by atoms with Crippen molar-refractivity contribution in [2.75, 3.05) is 7.11 Å². The van der Waals surface area contributed by atoms with Gasteiger partial charge in [0.2, 0.25) is 0 Å². The van der Waals surface area contributed by atoms with E-state index in [1.54, 1.807) is 0 Å². The van der Waals surface area contributed by atoms with Crippen molar-refractivity contribution in [1.82, 2.24) is 0 Å². The normalized spacial score (nSPS) is 12.5. The number of hydrogen-bond donors (Lipinski definition) is 0. The van der Waals surface area contributed by atoms with Gasteiger partial charge in [-0.3, -0.25) is 4.79 Å². The third-order valence-corrected chi connectivity index (χ3v) is 3.03. The van der Waals surface area contributed by atoms with Crippen molar-refractivity contribution in [3.8, 4) is 0 Å². The number of rotatable bonds is 5. The van der Waals surface area contributed by atoms with Crippen molar-refractivity contribution >= 4 is 21.7 Å². The third kappa shape index (κ3) is 3.10. The SMILES string of the molecule is CCCC(OC)C(=O)c1c(F)ccc(Br)c1F. The molecule has 1 aromatic carbocycles. The number of carbonyl (C=O) groups is 1. The predicted molar refractivity (Wildman–Crippen MR) is 64.1 cm³/mol. The quantitative estimate of drug-likeness (QED) is 0.612. The van der Waals surface area contributed by atoms with E-state index in [9.17, 15) is 13.6 Å². The van der Waals surface area contributed by atoms with Crippen LogP contribution in [0, 0.1) is 11.6 Å². The van der Waals surface area contributed by atoms with Crippen LogP contribution in [-0.2, 0) is 4.74 Å². The van der Waals surface area contributed by atoms with Gasteiger partial charge >= 0.3 is 0 Å². The van der Waals surface area contributed by atoms with Crippen molar-refractivity contribution in [2.45, 2.75) is 25.9 Å². The second-order valence-electron chi connectivity index (χ2n) is 3.60. The van der Waals surface area contributed by atoms with Crippen molar-refractivity contribution in [2.24, 2.45) is 0 Å². The van der Waals surface area contributed by atoms with Gasteiger partial charge in [-0.2, -0.15) is 0 Å². The van der Waals surface area contributed by atoms with Crippen LogP contribution in [0.25, 0.3) is 0 Å². The molecule has 17 heavy (non-hydrogen) atoms. The molecule has 2 nitrogen and oxygen atoms in total. The van der Waals surface area contributed by atoms with Crippen LogP contribution in [0.1, 0.15) is 30.1 Å². The van der Waals surface area contributed by atoms with Gasteiger partial charge in [-0.25, -0.2) is 8.78 Å². The standard InChI is InChI=1S/C12H13BrF2O2/c1-3-4-9(17-2)12(16)10-8(14)6-5-7(13)11(10)15/h5-6,9H,3-4H2,1-2H3. The summed E-state index contributed by atoms with van der Waals surface area (Å²) >= 11 is 2.92. The summed E-state index contributed by atoms with van der Waals surface area (Å²) in [6.07, 6.45) is 0.320. The van der Waals surface area contributed by atoms with E-state index in [0.717, 1.165) is 6.07 Å². The first kappa shape index (κ1) is 14.3. The van der Waals surface area contributed by atoms with Gasteiger partial charge in [0, 0.05) is 7.11 Å². The molecule has 1 unspecified atom stereocenters. The van der Waals surface area contributed by atoms with Crippen LogP contribution in [0.15, 0.2) is 16.6 Å². The number of benzene rings is 1. The van der Waals surface area contributed by atoms with E-state index < -0.39 is 29.1 Å². The van der Waals surface area contributed by atoms with Crippen LogP contribution in [0.4, 0.5) is 8.78 Å². The molecule has 94 valence electrons. The Labute approximate surface area is 107 Å². The van der Waals surface area contributed by atoms with Gasteiger partial charge in [-0.15, -0.1) is 0 Å². The Hall–Kier alpha value is -0.810. The highest BCUT2D eigenvalue weighted by Gasteiger charge is 2.26. The van der Waals surface area contributed by atoms with Gasteiger partial charge in [-0.1, -0.05) is 13.3 Å². The molecule has 0 spiro atoms. The summed E-state index contributed by atoms with van der Waals surface area (Å²) in [5.74, 6) is -2.41. The van der Waals surface area contributed by atoms with Gasteiger partial charge in [-0.05, 0) is 34.5 Å². The van der Waals surface area contributed by atoms with Crippen LogP contribution in [0.3, 0.4) is 0 Å². The predicted octanol–water partition coefficient (Wildman–Crippen LogP) is 3.73. The Bertz CT molecular complexity index is 421. The van der Waals surface area contributed by atoms with E-state index in [1.165, 1.54) is 13.2 Å². The number of ketones is 1. The number of Topliss-reactive ketones (excluding diaryl/α,β-unsaturated/α-hetero) is 1. The Balaban J connectivity index is 3.15. The lowest BCUT2D eigenvalue weighted by molar-refractivity contribution is 0.0570. The van der Waals surface area contributed by atoms with E-state index in [4.69, 9.17) is 4.74 Å². The lowest BCUT2D eigenvalue weighted by Crippen LogP contribution is -2.25. The van der Waals surface area contributed by atoms with Crippen molar-refractivity contribution in [1.29, 1.82) is 0 Å². The number of hydrogen-bond acceptors (Lipinski definition) is 2. The first-order chi connectivity index (χ1) is 8.02. The minimum atomic E-state index is -0.881. The zero-order valence-corrected chi connectivity index (χ0v) is 11.2. The molecule has 0 amide bonds. The average Bonchev–Trinajstić information content (AvgIpc) is 2.31. The van der Waals surface area contributed by atoms with Crippen LogP contribution >= 0.6 is 15.9 Å². The maximum Gasteiger partial charge on any atom is 0.197 e. The first-order valence-corrected chi connectivity index (χ1v) is 6.02. The van der Waals surface area contributed by atoms with Crippen molar-refractivity contribution in [3.05, 3.63) is 33.8 Å². The monoisotopic (exact) mass is 306 g/mol. The fourth-order valence-corrected chi connectivity index (χ4v) is 1.86. The summed E-state index contributed by atoms with van der Waals surface area (Å²) in [6, 6.07) is 2.28. The molecule has 1 aromatic rings. The molecule has 5 heteroatoms. The van der Waals surface area contributed by atoms with Crippen LogP contribution in [-0.4, -0.2) is 19.0 Å². The summed E-state index contributed by atoms with van der Waals surface area (Å²) in [6.45, 7) is 1.87. The van der Waals surface area contributed by atoms with Crippen molar-refractivity contribution in [3.63, 3.8) is 0 Å². The molecule has 0 saturated heterocycles. The van der Waals surface area contributed by atoms with Crippen LogP contribution in [0.2, 0.25) is 0 Å². The Morgan fingerprint density at radius 2 is 2.12 bits per heavy atom. The minimum absolute atomic E-state index is 0.0635. The zero-order valence-electron chi connectivity index (χ0n) is 9.60. The summed E-state index contributed by atoms with van der Waals surface area (Å²) < 4.78 is 32.2. The molecule has 0 aromatic heterocycles. The summed E-state index contributed by atoms with van der Waals surface area (Å²) in [4.78, 5) is 11.9. The topological polar surface area (TPSA) is 26.3 Å². The molecule has 0 saturated carbocycles. The summed E-state index contributed by atoms with van der Waals surface area (Å²) in [7, 11) is 1.35. The third-order valence-electron chi connectivity index (χ3n) is 2.42. The first-order valence-electron chi connectivity index (χ1n) is 5.23. The van der Waals surface area contributed by atoms with Gasteiger partial charge in [0.25, 0.3) is 0 Å². The molecule has 0 heterocycles. The second-order valence-corrected chi connectivity index (χ2v) is 4.45. The molecule has 1 atom stereocenters. The van der Waals surface area contributed by atoms with E-state index in [1.807, 2.05) is 6.92 Å². The van der Waals surface area contributed by atoms with Gasteiger partial charge < -0.3 is 4.74 Å². The minimum Gasteiger partial charge on any atom is -0.373 e. The lowest BCUT2D eigenvalue weighted by Gasteiger charge is -2.14. The van der Waals surface area contributed by atoms with Crippen LogP contribution in [0.5, 0.6) is 0 Å². The molecular weight excluding hydrogens is 294 g/mol. The highest BCUT2D eigenvalue weighted by molar-refractivity contribution is 9.10. The summed E-state index contributed by atoms with van der Waals surface area (Å²) in [5.41, 5.74) is -0.542. The average molecular weight is 307 g/mol. The molecule has 0 radical (unpaired) electrons. The van der Waals surface area contributed by atoms with Gasteiger partial charge in [0.05, 0.1) is 10.0 Å². The maximum absolute atomic E-state index is 13.7. The molecule has 0 N–H and O–H groups in total.